The molecule has 4 aromatic rings. The van der Waals surface area contributed by atoms with Crippen molar-refractivity contribution < 1.29 is 9.90 Å². The molecule has 0 radical (unpaired) electrons. The Bertz CT molecular complexity index is 1380. The normalized spacial score (nSPS) is 15.7. The summed E-state index contributed by atoms with van der Waals surface area (Å²) in [6.07, 6.45) is 2.57. The summed E-state index contributed by atoms with van der Waals surface area (Å²) in [4.78, 5) is 13.9. The molecule has 1 saturated heterocycles. The van der Waals surface area contributed by atoms with Gasteiger partial charge < -0.3 is 10.8 Å². The van der Waals surface area contributed by atoms with Crippen LogP contribution in [0.3, 0.4) is 0 Å². The fourth-order valence-electron chi connectivity index (χ4n) is 5.43. The molecule has 176 valence electrons. The summed E-state index contributed by atoms with van der Waals surface area (Å²) in [7, 11) is 0. The van der Waals surface area contributed by atoms with E-state index in [1.54, 1.807) is 12.1 Å². The fraction of sp³-hybridized carbons (Fsp3) is 0.241. The molecule has 1 aromatic heterocycles. The van der Waals surface area contributed by atoms with Gasteiger partial charge in [-0.05, 0) is 60.3 Å². The van der Waals surface area contributed by atoms with Gasteiger partial charge in [0.05, 0.1) is 11.4 Å². The number of phenols is 1. The van der Waals surface area contributed by atoms with Crippen molar-refractivity contribution >= 4 is 5.91 Å². The number of hydrogen-bond donors (Lipinski definition) is 3. The minimum absolute atomic E-state index is 0.0254. The number of carbonyl (C=O) groups excluding carboxylic acids is 1. The zero-order valence-electron chi connectivity index (χ0n) is 19.5. The van der Waals surface area contributed by atoms with Crippen LogP contribution in [0.4, 0.5) is 0 Å². The largest absolute Gasteiger partial charge is 0.508 e. The van der Waals surface area contributed by atoms with E-state index >= 15 is 0 Å². The monoisotopic (exact) mass is 464 g/mol. The van der Waals surface area contributed by atoms with Crippen LogP contribution in [-0.4, -0.2) is 39.2 Å². The Morgan fingerprint density at radius 3 is 2.31 bits per heavy atom. The lowest BCUT2D eigenvalue weighted by Crippen LogP contribution is -2.38. The Labute approximate surface area is 204 Å². The number of aromatic hydroxyl groups is 1. The lowest BCUT2D eigenvalue weighted by Gasteiger charge is -2.30. The molecule has 35 heavy (non-hydrogen) atoms. The number of aromatic nitrogens is 2. The summed E-state index contributed by atoms with van der Waals surface area (Å²) >= 11 is 0. The van der Waals surface area contributed by atoms with Gasteiger partial charge in [0, 0.05) is 35.6 Å². The van der Waals surface area contributed by atoms with E-state index in [1.807, 2.05) is 12.1 Å². The van der Waals surface area contributed by atoms with Gasteiger partial charge in [-0.3, -0.25) is 14.8 Å². The molecule has 0 atom stereocenters. The molecular formula is C29H28N4O2. The van der Waals surface area contributed by atoms with Crippen LogP contribution in [-0.2, 0) is 17.8 Å². The van der Waals surface area contributed by atoms with Crippen LogP contribution < -0.4 is 5.73 Å². The number of rotatable bonds is 5. The van der Waals surface area contributed by atoms with Gasteiger partial charge in [0.25, 0.3) is 0 Å². The first-order chi connectivity index (χ1) is 17.0. The maximum atomic E-state index is 11.4. The highest BCUT2D eigenvalue weighted by atomic mass is 16.3. The molecule has 4 N–H and O–H groups in total. The fourth-order valence-corrected chi connectivity index (χ4v) is 5.43. The number of nitrogens with zero attached hydrogens (tertiary/aromatic N) is 2. The third-order valence-corrected chi connectivity index (χ3v) is 7.43. The minimum Gasteiger partial charge on any atom is -0.508 e. The highest BCUT2D eigenvalue weighted by Gasteiger charge is 2.26. The van der Waals surface area contributed by atoms with Gasteiger partial charge in [0.1, 0.15) is 5.75 Å². The van der Waals surface area contributed by atoms with Crippen LogP contribution in [0.2, 0.25) is 0 Å². The van der Waals surface area contributed by atoms with E-state index in [9.17, 15) is 9.90 Å². The standard InChI is InChI=1S/C29H28N4O2/c30-29(35)22-11-13-33(14-12-22)17-18-1-10-25-23(15-18)16-26-27(31-32-28(25)26)21-4-2-19(3-5-21)20-6-8-24(34)9-7-20/h1-10,15,22,34H,11-14,16-17H2,(H2,30,35)(H,31,32). The molecule has 2 heterocycles. The quantitative estimate of drug-likeness (QED) is 0.351. The number of benzene rings is 3. The maximum Gasteiger partial charge on any atom is 0.220 e. The predicted molar refractivity (Wildman–Crippen MR) is 137 cm³/mol. The van der Waals surface area contributed by atoms with Gasteiger partial charge in [-0.2, -0.15) is 5.10 Å². The summed E-state index contributed by atoms with van der Waals surface area (Å²) in [5, 5.41) is 17.5. The average molecular weight is 465 g/mol. The number of primary amides is 1. The molecule has 6 rings (SSSR count). The van der Waals surface area contributed by atoms with E-state index in [2.05, 4.69) is 57.6 Å². The molecule has 3 aromatic carbocycles. The summed E-state index contributed by atoms with van der Waals surface area (Å²) in [6.45, 7) is 2.73. The Balaban J connectivity index is 1.18. The number of fused-ring (bicyclic) bond motifs is 3. The number of piperidine rings is 1. The highest BCUT2D eigenvalue weighted by molar-refractivity contribution is 5.82. The van der Waals surface area contributed by atoms with E-state index < -0.39 is 0 Å². The van der Waals surface area contributed by atoms with Gasteiger partial charge in [0.2, 0.25) is 5.91 Å². The Kier molecular flexibility index (Phi) is 5.38. The van der Waals surface area contributed by atoms with Crippen LogP contribution in [0, 0.1) is 5.92 Å². The van der Waals surface area contributed by atoms with E-state index in [0.717, 1.165) is 67.0 Å². The molecule has 1 fully saturated rings. The second-order valence-corrected chi connectivity index (χ2v) is 9.67. The zero-order valence-corrected chi connectivity index (χ0v) is 19.5. The van der Waals surface area contributed by atoms with Crippen LogP contribution in [0.15, 0.2) is 66.7 Å². The van der Waals surface area contributed by atoms with Crippen molar-refractivity contribution in [1.82, 2.24) is 15.1 Å². The van der Waals surface area contributed by atoms with Crippen molar-refractivity contribution in [2.45, 2.75) is 25.8 Å². The summed E-state index contributed by atoms with van der Waals surface area (Å²) < 4.78 is 0. The number of H-pyrrole nitrogens is 1. The van der Waals surface area contributed by atoms with Gasteiger partial charge >= 0.3 is 0 Å². The molecule has 2 aliphatic rings. The predicted octanol–water partition coefficient (Wildman–Crippen LogP) is 4.72. The molecule has 0 bridgehead atoms. The Morgan fingerprint density at radius 2 is 1.63 bits per heavy atom. The lowest BCUT2D eigenvalue weighted by atomic mass is 9.95. The van der Waals surface area contributed by atoms with Gasteiger partial charge in [-0.15, -0.1) is 0 Å². The molecular weight excluding hydrogens is 436 g/mol. The number of hydrogen-bond acceptors (Lipinski definition) is 4. The number of nitrogens with one attached hydrogen (secondary N) is 1. The molecule has 1 aliphatic carbocycles. The molecule has 0 saturated carbocycles. The first-order valence-electron chi connectivity index (χ1n) is 12.2. The van der Waals surface area contributed by atoms with Gasteiger partial charge in [-0.1, -0.05) is 54.6 Å². The average Bonchev–Trinajstić information content (AvgIpc) is 3.44. The van der Waals surface area contributed by atoms with E-state index in [1.165, 1.54) is 22.3 Å². The molecule has 0 spiro atoms. The Morgan fingerprint density at radius 1 is 0.971 bits per heavy atom. The third kappa shape index (κ3) is 4.10. The van der Waals surface area contributed by atoms with Gasteiger partial charge in [-0.25, -0.2) is 0 Å². The number of aromatic amines is 1. The smallest absolute Gasteiger partial charge is 0.220 e. The van der Waals surface area contributed by atoms with Crippen LogP contribution in [0.1, 0.15) is 29.5 Å². The van der Waals surface area contributed by atoms with Crippen molar-refractivity contribution in [3.05, 3.63) is 83.4 Å². The van der Waals surface area contributed by atoms with Crippen molar-refractivity contribution in [1.29, 1.82) is 0 Å². The molecule has 6 heteroatoms. The topological polar surface area (TPSA) is 95.2 Å². The van der Waals surface area contributed by atoms with E-state index in [-0.39, 0.29) is 17.6 Å². The number of likely N-dealkylation sites (tertiary alicyclic amines) is 1. The van der Waals surface area contributed by atoms with Crippen molar-refractivity contribution in [2.75, 3.05) is 13.1 Å². The summed E-state index contributed by atoms with van der Waals surface area (Å²) in [5.41, 5.74) is 16.0. The number of carbonyl (C=O) groups is 1. The van der Waals surface area contributed by atoms with Crippen LogP contribution >= 0.6 is 0 Å². The molecule has 1 aliphatic heterocycles. The summed E-state index contributed by atoms with van der Waals surface area (Å²) in [6, 6.07) is 22.4. The summed E-state index contributed by atoms with van der Waals surface area (Å²) in [5.74, 6) is 0.132. The third-order valence-electron chi connectivity index (χ3n) is 7.43. The van der Waals surface area contributed by atoms with Crippen molar-refractivity contribution in [3.8, 4) is 39.4 Å². The Hall–Kier alpha value is -3.90. The van der Waals surface area contributed by atoms with E-state index in [4.69, 9.17) is 5.73 Å². The molecule has 1 amide bonds. The zero-order chi connectivity index (χ0) is 23.9. The first-order valence-corrected chi connectivity index (χ1v) is 12.2. The molecule has 6 nitrogen and oxygen atoms in total. The van der Waals surface area contributed by atoms with Crippen LogP contribution in [0.25, 0.3) is 33.6 Å². The second kappa shape index (κ2) is 8.71. The first kappa shape index (κ1) is 21.6. The number of amides is 1. The van der Waals surface area contributed by atoms with Gasteiger partial charge in [0.15, 0.2) is 0 Å². The maximum absolute atomic E-state index is 11.4. The minimum atomic E-state index is -0.164. The number of phenolic OH excluding ortho intramolecular Hbond substituents is 1. The van der Waals surface area contributed by atoms with Crippen molar-refractivity contribution in [3.63, 3.8) is 0 Å². The SMILES string of the molecule is NC(=O)C1CCN(Cc2ccc3c(c2)Cc2c(-c4ccc(-c5ccc(O)cc5)cc4)n[nH]c2-3)CC1. The molecule has 0 unspecified atom stereocenters. The van der Waals surface area contributed by atoms with Crippen molar-refractivity contribution in [2.24, 2.45) is 11.7 Å². The van der Waals surface area contributed by atoms with E-state index in [0.29, 0.717) is 0 Å². The highest BCUT2D eigenvalue weighted by Crippen LogP contribution is 2.41. The van der Waals surface area contributed by atoms with Crippen LogP contribution in [0.5, 0.6) is 5.75 Å². The second-order valence-electron chi connectivity index (χ2n) is 9.67. The number of nitrogens with two attached hydrogens (primary N) is 1. The lowest BCUT2D eigenvalue weighted by molar-refractivity contribution is -0.123.